The summed E-state index contributed by atoms with van der Waals surface area (Å²) in [4.78, 5) is 5.07. The molecule has 1 heterocycles. The molecule has 1 atom stereocenters. The molecule has 4 rings (SSSR count). The second-order valence-corrected chi connectivity index (χ2v) is 8.64. The van der Waals surface area contributed by atoms with Gasteiger partial charge in [-0.3, -0.25) is 4.90 Å². The number of hydrogen-bond acceptors (Lipinski definition) is 4. The van der Waals surface area contributed by atoms with E-state index in [9.17, 15) is 0 Å². The molecule has 4 nitrogen and oxygen atoms in total. The van der Waals surface area contributed by atoms with Gasteiger partial charge in [-0.25, -0.2) is 0 Å². The largest absolute Gasteiger partial charge is 0.493 e. The molecule has 5 heteroatoms. The van der Waals surface area contributed by atoms with Crippen molar-refractivity contribution in [1.29, 1.82) is 0 Å². The molecule has 1 aliphatic heterocycles. The first kappa shape index (κ1) is 22.7. The molecule has 168 valence electrons. The van der Waals surface area contributed by atoms with E-state index in [1.807, 2.05) is 36.4 Å². The number of ether oxygens (including phenoxy) is 2. The Bertz CT molecular complexity index is 957. The predicted octanol–water partition coefficient (Wildman–Crippen LogP) is 5.68. The third-order valence-corrected chi connectivity index (χ3v) is 6.25. The molecule has 3 aromatic rings. The van der Waals surface area contributed by atoms with E-state index < -0.39 is 0 Å². The maximum atomic E-state index is 6.45. The Balaban J connectivity index is 1.36. The average Bonchev–Trinajstić information content (AvgIpc) is 2.84. The van der Waals surface area contributed by atoms with Crippen molar-refractivity contribution in [3.8, 4) is 11.5 Å². The molecule has 0 N–H and O–H groups in total. The molecule has 3 aromatic carbocycles. The quantitative estimate of drug-likeness (QED) is 0.419. The molecule has 0 spiro atoms. The second-order valence-electron chi connectivity index (χ2n) is 8.20. The Morgan fingerprint density at radius 2 is 1.41 bits per heavy atom. The first-order valence-electron chi connectivity index (χ1n) is 11.2. The van der Waals surface area contributed by atoms with Crippen LogP contribution in [0.2, 0.25) is 5.02 Å². The maximum absolute atomic E-state index is 6.45. The van der Waals surface area contributed by atoms with Gasteiger partial charge in [-0.1, -0.05) is 66.2 Å². The zero-order valence-electron chi connectivity index (χ0n) is 18.6. The summed E-state index contributed by atoms with van der Waals surface area (Å²) >= 11 is 6.12. The lowest BCUT2D eigenvalue weighted by Crippen LogP contribution is -2.46. The van der Waals surface area contributed by atoms with Crippen molar-refractivity contribution in [2.45, 2.75) is 19.1 Å². The Hall–Kier alpha value is -2.53. The number of benzene rings is 3. The minimum atomic E-state index is -0.0640. The summed E-state index contributed by atoms with van der Waals surface area (Å²) in [5.41, 5.74) is 2.51. The lowest BCUT2D eigenvalue weighted by Gasteiger charge is -2.35. The topological polar surface area (TPSA) is 24.9 Å². The van der Waals surface area contributed by atoms with Crippen LogP contribution in [-0.4, -0.2) is 49.6 Å². The highest BCUT2D eigenvalue weighted by Gasteiger charge is 2.21. The highest BCUT2D eigenvalue weighted by Crippen LogP contribution is 2.32. The molecular weight excluding hydrogens is 420 g/mol. The minimum Gasteiger partial charge on any atom is -0.493 e. The average molecular weight is 451 g/mol. The first-order chi connectivity index (χ1) is 15.7. The van der Waals surface area contributed by atoms with E-state index in [2.05, 4.69) is 52.3 Å². The zero-order chi connectivity index (χ0) is 22.2. The Morgan fingerprint density at radius 1 is 0.781 bits per heavy atom. The van der Waals surface area contributed by atoms with Crippen LogP contribution in [0.15, 0.2) is 78.9 Å². The van der Waals surface area contributed by atoms with E-state index in [0.717, 1.165) is 67.8 Å². The zero-order valence-corrected chi connectivity index (χ0v) is 19.4. The normalized spacial score (nSPS) is 15.9. The summed E-state index contributed by atoms with van der Waals surface area (Å²) < 4.78 is 11.9. The molecule has 0 radical (unpaired) electrons. The smallest absolute Gasteiger partial charge is 0.162 e. The Labute approximate surface area is 196 Å². The third-order valence-electron chi connectivity index (χ3n) is 6.00. The van der Waals surface area contributed by atoms with E-state index in [0.29, 0.717) is 0 Å². The van der Waals surface area contributed by atoms with Crippen LogP contribution in [0.1, 0.15) is 23.7 Å². The first-order valence-corrected chi connectivity index (χ1v) is 11.6. The number of nitrogens with zero attached hydrogens (tertiary/aromatic N) is 2. The highest BCUT2D eigenvalue weighted by atomic mass is 35.5. The Kier molecular flexibility index (Phi) is 8.05. The molecule has 0 saturated carbocycles. The van der Waals surface area contributed by atoms with Crippen LogP contribution < -0.4 is 9.47 Å². The predicted molar refractivity (Wildman–Crippen MR) is 131 cm³/mol. The van der Waals surface area contributed by atoms with E-state index in [1.165, 1.54) is 5.56 Å². The van der Waals surface area contributed by atoms with Gasteiger partial charge in [0.1, 0.15) is 6.10 Å². The van der Waals surface area contributed by atoms with Crippen LogP contribution in [0.25, 0.3) is 0 Å². The molecule has 1 aliphatic rings. The van der Waals surface area contributed by atoms with Crippen LogP contribution in [0, 0.1) is 0 Å². The van der Waals surface area contributed by atoms with E-state index in [-0.39, 0.29) is 6.10 Å². The molecule has 0 unspecified atom stereocenters. The number of methoxy groups -OCH3 is 1. The van der Waals surface area contributed by atoms with Crippen molar-refractivity contribution in [3.63, 3.8) is 0 Å². The summed E-state index contributed by atoms with van der Waals surface area (Å²) in [6.07, 6.45) is 0.837. The number of piperazine rings is 1. The van der Waals surface area contributed by atoms with Gasteiger partial charge in [-0.05, 0) is 35.4 Å². The monoisotopic (exact) mass is 450 g/mol. The number of rotatable bonds is 9. The highest BCUT2D eigenvalue weighted by molar-refractivity contribution is 6.30. The van der Waals surface area contributed by atoms with Crippen LogP contribution in [0.5, 0.6) is 11.5 Å². The van der Waals surface area contributed by atoms with Crippen LogP contribution in [0.3, 0.4) is 0 Å². The lowest BCUT2D eigenvalue weighted by molar-refractivity contribution is 0.106. The van der Waals surface area contributed by atoms with Gasteiger partial charge in [0, 0.05) is 50.7 Å². The van der Waals surface area contributed by atoms with Crippen molar-refractivity contribution in [2.75, 3.05) is 39.8 Å². The SMILES string of the molecule is COc1ccccc1O[C@@H](CCN1CCN(Cc2ccccc2)CC1)c1ccc(Cl)cc1. The fraction of sp³-hybridized carbons (Fsp3) is 0.333. The molecule has 32 heavy (non-hydrogen) atoms. The van der Waals surface area contributed by atoms with Crippen LogP contribution in [-0.2, 0) is 6.54 Å². The summed E-state index contributed by atoms with van der Waals surface area (Å²) in [7, 11) is 1.68. The molecule has 1 saturated heterocycles. The van der Waals surface area contributed by atoms with Crippen molar-refractivity contribution >= 4 is 11.6 Å². The van der Waals surface area contributed by atoms with E-state index in [1.54, 1.807) is 7.11 Å². The Morgan fingerprint density at radius 3 is 2.09 bits per heavy atom. The van der Waals surface area contributed by atoms with Crippen molar-refractivity contribution in [2.24, 2.45) is 0 Å². The summed E-state index contributed by atoms with van der Waals surface area (Å²) in [6.45, 7) is 6.35. The van der Waals surface area contributed by atoms with Gasteiger partial charge >= 0.3 is 0 Å². The van der Waals surface area contributed by atoms with Gasteiger partial charge in [-0.15, -0.1) is 0 Å². The van der Waals surface area contributed by atoms with E-state index >= 15 is 0 Å². The fourth-order valence-electron chi connectivity index (χ4n) is 4.15. The van der Waals surface area contributed by atoms with Crippen LogP contribution >= 0.6 is 11.6 Å². The summed E-state index contributed by atoms with van der Waals surface area (Å²) in [6, 6.07) is 26.5. The molecular formula is C27H31ClN2O2. The maximum Gasteiger partial charge on any atom is 0.162 e. The van der Waals surface area contributed by atoms with Gasteiger partial charge in [0.2, 0.25) is 0 Å². The molecule has 0 amide bonds. The summed E-state index contributed by atoms with van der Waals surface area (Å²) in [5.74, 6) is 1.52. The van der Waals surface area contributed by atoms with Crippen molar-refractivity contribution in [1.82, 2.24) is 9.80 Å². The third kappa shape index (κ3) is 6.26. The van der Waals surface area contributed by atoms with Gasteiger partial charge in [0.15, 0.2) is 11.5 Å². The molecule has 1 fully saturated rings. The van der Waals surface area contributed by atoms with Crippen molar-refractivity contribution in [3.05, 3.63) is 95.0 Å². The van der Waals surface area contributed by atoms with Crippen molar-refractivity contribution < 1.29 is 9.47 Å². The van der Waals surface area contributed by atoms with Gasteiger partial charge < -0.3 is 14.4 Å². The molecule has 0 bridgehead atoms. The fourth-order valence-corrected chi connectivity index (χ4v) is 4.28. The second kappa shape index (κ2) is 11.4. The van der Waals surface area contributed by atoms with Crippen LogP contribution in [0.4, 0.5) is 0 Å². The van der Waals surface area contributed by atoms with Gasteiger partial charge in [0.25, 0.3) is 0 Å². The standard InChI is InChI=1S/C27H31ClN2O2/c1-31-26-9-5-6-10-27(26)32-25(23-11-13-24(28)14-12-23)15-16-29-17-19-30(20-18-29)21-22-7-3-2-4-8-22/h2-14,25H,15-21H2,1H3/t25-/m0/s1. The number of hydrogen-bond donors (Lipinski definition) is 0. The molecule has 0 aromatic heterocycles. The number of halogens is 1. The van der Waals surface area contributed by atoms with Gasteiger partial charge in [-0.2, -0.15) is 0 Å². The molecule has 0 aliphatic carbocycles. The summed E-state index contributed by atoms with van der Waals surface area (Å²) in [5, 5.41) is 0.735. The van der Waals surface area contributed by atoms with Gasteiger partial charge in [0.05, 0.1) is 7.11 Å². The lowest BCUT2D eigenvalue weighted by atomic mass is 10.1. The minimum absolute atomic E-state index is 0.0640. The van der Waals surface area contributed by atoms with E-state index in [4.69, 9.17) is 21.1 Å². The number of para-hydroxylation sites is 2.